The van der Waals surface area contributed by atoms with Gasteiger partial charge in [-0.05, 0) is 89.3 Å². The van der Waals surface area contributed by atoms with E-state index in [2.05, 4.69) is 29.0 Å². The largest absolute Gasteiger partial charge is 0.352 e. The Balaban J connectivity index is 1.50. The average Bonchev–Trinajstić information content (AvgIpc) is 2.68. The summed E-state index contributed by atoms with van der Waals surface area (Å²) in [7, 11) is 0. The Bertz CT molecular complexity index is 640. The molecule has 2 saturated heterocycles. The van der Waals surface area contributed by atoms with Gasteiger partial charge in [-0.15, -0.1) is 0 Å². The van der Waals surface area contributed by atoms with E-state index in [0.717, 1.165) is 50.1 Å². The van der Waals surface area contributed by atoms with E-state index in [0.29, 0.717) is 18.6 Å². The monoisotopic (exact) mass is 375 g/mol. The van der Waals surface area contributed by atoms with E-state index in [1.807, 2.05) is 6.92 Å². The molecule has 5 heteroatoms. The molecule has 27 heavy (non-hydrogen) atoms. The van der Waals surface area contributed by atoms with E-state index < -0.39 is 0 Å². The lowest BCUT2D eigenvalue weighted by atomic mass is 9.93. The highest BCUT2D eigenvalue weighted by Crippen LogP contribution is 2.25. The van der Waals surface area contributed by atoms with Gasteiger partial charge in [0.25, 0.3) is 0 Å². The summed E-state index contributed by atoms with van der Waals surface area (Å²) in [5.41, 5.74) is 1.87. The van der Waals surface area contributed by atoms with Crippen LogP contribution in [0.3, 0.4) is 0 Å². The van der Waals surface area contributed by atoms with Gasteiger partial charge in [0.2, 0.25) is 5.91 Å². The van der Waals surface area contributed by atoms with Crippen molar-refractivity contribution in [2.75, 3.05) is 26.2 Å². The Kier molecular flexibility index (Phi) is 6.88. The second-order valence-corrected chi connectivity index (χ2v) is 8.48. The number of piperidine rings is 2. The molecule has 0 saturated carbocycles. The number of amides is 1. The van der Waals surface area contributed by atoms with Gasteiger partial charge in [0, 0.05) is 25.2 Å². The zero-order chi connectivity index (χ0) is 19.4. The molecular formula is C22H34FN3O. The van der Waals surface area contributed by atoms with Gasteiger partial charge in [-0.25, -0.2) is 4.39 Å². The fourth-order valence-corrected chi connectivity index (χ4v) is 4.48. The van der Waals surface area contributed by atoms with Gasteiger partial charge in [0.15, 0.2) is 0 Å². The lowest BCUT2D eigenvalue weighted by molar-refractivity contribution is -0.127. The molecule has 0 bridgehead atoms. The summed E-state index contributed by atoms with van der Waals surface area (Å²) in [4.78, 5) is 17.8. The van der Waals surface area contributed by atoms with Crippen LogP contribution in [0.1, 0.15) is 50.7 Å². The van der Waals surface area contributed by atoms with Gasteiger partial charge in [-0.2, -0.15) is 0 Å². The number of likely N-dealkylation sites (tertiary alicyclic amines) is 2. The van der Waals surface area contributed by atoms with Crippen LogP contribution in [0.25, 0.3) is 0 Å². The van der Waals surface area contributed by atoms with Crippen LogP contribution < -0.4 is 5.32 Å². The maximum Gasteiger partial charge on any atom is 0.224 e. The van der Waals surface area contributed by atoms with Gasteiger partial charge in [-0.1, -0.05) is 6.07 Å². The Morgan fingerprint density at radius 3 is 2.67 bits per heavy atom. The quantitative estimate of drug-likeness (QED) is 0.857. The third-order valence-electron chi connectivity index (χ3n) is 6.33. The van der Waals surface area contributed by atoms with Crippen molar-refractivity contribution in [1.29, 1.82) is 0 Å². The van der Waals surface area contributed by atoms with Crippen molar-refractivity contribution in [3.05, 3.63) is 35.1 Å². The maximum atomic E-state index is 13.4. The molecule has 1 N–H and O–H groups in total. The molecule has 1 aromatic carbocycles. The predicted octanol–water partition coefficient (Wildman–Crippen LogP) is 3.34. The molecular weight excluding hydrogens is 341 g/mol. The number of nitrogens with zero attached hydrogens (tertiary/aromatic N) is 2. The molecule has 2 aliphatic heterocycles. The number of aryl methyl sites for hydroxylation is 1. The highest BCUT2D eigenvalue weighted by Gasteiger charge is 2.31. The van der Waals surface area contributed by atoms with Crippen LogP contribution in [-0.2, 0) is 11.3 Å². The second-order valence-electron chi connectivity index (χ2n) is 8.48. The van der Waals surface area contributed by atoms with Gasteiger partial charge < -0.3 is 10.2 Å². The van der Waals surface area contributed by atoms with Gasteiger partial charge >= 0.3 is 0 Å². The second kappa shape index (κ2) is 9.16. The predicted molar refractivity (Wildman–Crippen MR) is 107 cm³/mol. The van der Waals surface area contributed by atoms with Crippen molar-refractivity contribution in [1.82, 2.24) is 15.1 Å². The summed E-state index contributed by atoms with van der Waals surface area (Å²) in [6, 6.07) is 5.98. The fourth-order valence-electron chi connectivity index (χ4n) is 4.48. The Morgan fingerprint density at radius 1 is 1.22 bits per heavy atom. The first-order chi connectivity index (χ1) is 12.9. The number of carbonyl (C=O) groups excluding carboxylic acids is 1. The minimum Gasteiger partial charge on any atom is -0.352 e. The van der Waals surface area contributed by atoms with Crippen molar-refractivity contribution in [3.63, 3.8) is 0 Å². The van der Waals surface area contributed by atoms with Crippen LogP contribution in [0.5, 0.6) is 0 Å². The summed E-state index contributed by atoms with van der Waals surface area (Å²) >= 11 is 0. The topological polar surface area (TPSA) is 35.6 Å². The zero-order valence-electron chi connectivity index (χ0n) is 17.0. The fraction of sp³-hybridized carbons (Fsp3) is 0.682. The van der Waals surface area contributed by atoms with Crippen molar-refractivity contribution in [3.8, 4) is 0 Å². The zero-order valence-corrected chi connectivity index (χ0v) is 17.0. The molecule has 4 nitrogen and oxygen atoms in total. The minimum atomic E-state index is -0.249. The number of rotatable bonds is 5. The first-order valence-electron chi connectivity index (χ1n) is 10.4. The van der Waals surface area contributed by atoms with Crippen LogP contribution in [0.4, 0.5) is 4.39 Å². The van der Waals surface area contributed by atoms with E-state index >= 15 is 0 Å². The Morgan fingerprint density at radius 2 is 1.96 bits per heavy atom. The molecule has 0 spiro atoms. The van der Waals surface area contributed by atoms with Crippen molar-refractivity contribution >= 4 is 5.91 Å². The van der Waals surface area contributed by atoms with E-state index in [-0.39, 0.29) is 17.6 Å². The van der Waals surface area contributed by atoms with Crippen molar-refractivity contribution < 1.29 is 9.18 Å². The number of hydrogen-bond acceptors (Lipinski definition) is 3. The van der Waals surface area contributed by atoms with E-state index in [9.17, 15) is 9.18 Å². The molecule has 0 aromatic heterocycles. The first kappa shape index (κ1) is 20.3. The lowest BCUT2D eigenvalue weighted by Gasteiger charge is -2.43. The molecule has 2 heterocycles. The minimum absolute atomic E-state index is 0.0516. The highest BCUT2D eigenvalue weighted by atomic mass is 19.1. The Hall–Kier alpha value is -1.46. The first-order valence-corrected chi connectivity index (χ1v) is 10.4. The summed E-state index contributed by atoms with van der Waals surface area (Å²) in [6.07, 6.45) is 4.45. The Labute approximate surface area is 163 Å². The van der Waals surface area contributed by atoms with Crippen LogP contribution in [0.2, 0.25) is 0 Å². The molecule has 150 valence electrons. The summed E-state index contributed by atoms with van der Waals surface area (Å²) in [5, 5.41) is 3.04. The van der Waals surface area contributed by atoms with E-state index in [1.165, 1.54) is 25.0 Å². The van der Waals surface area contributed by atoms with Crippen LogP contribution in [-0.4, -0.2) is 54.0 Å². The molecule has 0 radical (unpaired) electrons. The number of nitrogens with one attached hydrogen (secondary N) is 1. The summed E-state index contributed by atoms with van der Waals surface area (Å²) in [5.74, 6) is -0.0832. The third-order valence-corrected chi connectivity index (χ3v) is 6.33. The van der Waals surface area contributed by atoms with Crippen LogP contribution >= 0.6 is 0 Å². The molecule has 2 aliphatic rings. The van der Waals surface area contributed by atoms with Crippen LogP contribution in [0.15, 0.2) is 18.2 Å². The normalized spacial score (nSPS) is 22.9. The SMILES string of the molecule is Cc1ccc(F)cc1CNC(=O)[C@@H]1CCCN(C2CCN(C(C)C)CC2)C1. The molecule has 1 atom stereocenters. The molecule has 2 fully saturated rings. The highest BCUT2D eigenvalue weighted by molar-refractivity contribution is 5.79. The molecule has 0 unspecified atom stereocenters. The molecule has 0 aliphatic carbocycles. The van der Waals surface area contributed by atoms with Gasteiger partial charge in [-0.3, -0.25) is 9.69 Å². The molecule has 3 rings (SSSR count). The lowest BCUT2D eigenvalue weighted by Crippen LogP contribution is -2.51. The summed E-state index contributed by atoms with van der Waals surface area (Å²) in [6.45, 7) is 11.2. The third kappa shape index (κ3) is 5.29. The standard InChI is InChI=1S/C22H34FN3O/c1-16(2)25-11-8-21(9-12-25)26-10-4-5-18(15-26)22(27)24-14-19-13-20(23)7-6-17(19)3/h6-7,13,16,18,21H,4-5,8-12,14-15H2,1-3H3,(H,24,27)/t18-/m1/s1. The average molecular weight is 376 g/mol. The van der Waals surface area contributed by atoms with Crippen LogP contribution in [0, 0.1) is 18.7 Å². The maximum absolute atomic E-state index is 13.4. The number of halogens is 1. The van der Waals surface area contributed by atoms with Crippen molar-refractivity contribution in [2.45, 2.75) is 65.1 Å². The molecule has 1 aromatic rings. The van der Waals surface area contributed by atoms with Gasteiger partial charge in [0.05, 0.1) is 5.92 Å². The van der Waals surface area contributed by atoms with E-state index in [1.54, 1.807) is 6.07 Å². The number of benzene rings is 1. The number of carbonyl (C=O) groups is 1. The van der Waals surface area contributed by atoms with Gasteiger partial charge in [0.1, 0.15) is 5.82 Å². The summed E-state index contributed by atoms with van der Waals surface area (Å²) < 4.78 is 13.4. The smallest absolute Gasteiger partial charge is 0.224 e. The number of hydrogen-bond donors (Lipinski definition) is 1. The molecule has 1 amide bonds. The van der Waals surface area contributed by atoms with Crippen molar-refractivity contribution in [2.24, 2.45) is 5.92 Å². The van der Waals surface area contributed by atoms with E-state index in [4.69, 9.17) is 0 Å².